The van der Waals surface area contributed by atoms with E-state index < -0.39 is 0 Å². The lowest BCUT2D eigenvalue weighted by molar-refractivity contribution is 0.397. The van der Waals surface area contributed by atoms with Gasteiger partial charge < -0.3 is 15.0 Å². The SMILES string of the molecule is COc1ccccc1C1CCN(c2ccc(/C=C/C(=N)Nc3ccc(Cl)cc3)cc2)CC1. The average molecular weight is 446 g/mol. The Morgan fingerprint density at radius 2 is 1.69 bits per heavy atom. The Balaban J connectivity index is 1.31. The van der Waals surface area contributed by atoms with E-state index in [4.69, 9.17) is 21.7 Å². The third kappa shape index (κ3) is 5.51. The molecule has 4 rings (SSSR count). The fourth-order valence-corrected chi connectivity index (χ4v) is 4.28. The molecule has 0 aromatic heterocycles. The van der Waals surface area contributed by atoms with Crippen molar-refractivity contribution >= 4 is 34.9 Å². The van der Waals surface area contributed by atoms with E-state index in [0.717, 1.165) is 42.9 Å². The fraction of sp³-hybridized carbons (Fsp3) is 0.222. The number of methoxy groups -OCH3 is 1. The lowest BCUT2D eigenvalue weighted by Gasteiger charge is -2.34. The highest BCUT2D eigenvalue weighted by molar-refractivity contribution is 6.30. The Kier molecular flexibility index (Phi) is 7.13. The molecule has 0 atom stereocenters. The van der Waals surface area contributed by atoms with Gasteiger partial charge in [0.25, 0.3) is 0 Å². The number of anilines is 2. The number of nitrogens with zero attached hydrogens (tertiary/aromatic N) is 1. The number of amidine groups is 1. The molecule has 1 fully saturated rings. The van der Waals surface area contributed by atoms with Crippen molar-refractivity contribution in [3.63, 3.8) is 0 Å². The maximum absolute atomic E-state index is 8.10. The normalized spacial score (nSPS) is 14.5. The van der Waals surface area contributed by atoms with E-state index in [-0.39, 0.29) is 0 Å². The molecule has 0 aliphatic carbocycles. The van der Waals surface area contributed by atoms with E-state index in [9.17, 15) is 0 Å². The van der Waals surface area contributed by atoms with E-state index >= 15 is 0 Å². The molecule has 3 aromatic carbocycles. The Morgan fingerprint density at radius 1 is 1.00 bits per heavy atom. The first-order valence-electron chi connectivity index (χ1n) is 10.9. The summed E-state index contributed by atoms with van der Waals surface area (Å²) in [4.78, 5) is 2.45. The number of hydrogen-bond acceptors (Lipinski definition) is 3. The van der Waals surface area contributed by atoms with Gasteiger partial charge in [-0.05, 0) is 78.4 Å². The van der Waals surface area contributed by atoms with Gasteiger partial charge in [-0.3, -0.25) is 5.41 Å². The summed E-state index contributed by atoms with van der Waals surface area (Å²) >= 11 is 5.90. The lowest BCUT2D eigenvalue weighted by Crippen LogP contribution is -2.32. The Labute approximate surface area is 195 Å². The Morgan fingerprint density at radius 3 is 2.38 bits per heavy atom. The van der Waals surface area contributed by atoms with Crippen molar-refractivity contribution in [3.8, 4) is 5.75 Å². The third-order valence-corrected chi connectivity index (χ3v) is 6.15. The molecule has 0 spiro atoms. The van der Waals surface area contributed by atoms with Gasteiger partial charge in [0.05, 0.1) is 7.11 Å². The van der Waals surface area contributed by atoms with E-state index in [2.05, 4.69) is 52.7 Å². The summed E-state index contributed by atoms with van der Waals surface area (Å²) < 4.78 is 5.56. The van der Waals surface area contributed by atoms with Gasteiger partial charge in [-0.1, -0.05) is 48.0 Å². The molecule has 1 heterocycles. The number of para-hydroxylation sites is 1. The van der Waals surface area contributed by atoms with Gasteiger partial charge in [-0.15, -0.1) is 0 Å². The summed E-state index contributed by atoms with van der Waals surface area (Å²) in [5, 5.41) is 11.8. The summed E-state index contributed by atoms with van der Waals surface area (Å²) in [5.74, 6) is 1.87. The second-order valence-corrected chi connectivity index (χ2v) is 8.41. The quantitative estimate of drug-likeness (QED) is 0.322. The minimum Gasteiger partial charge on any atom is -0.496 e. The highest BCUT2D eigenvalue weighted by atomic mass is 35.5. The minimum atomic E-state index is 0.329. The van der Waals surface area contributed by atoms with Crippen molar-refractivity contribution in [2.75, 3.05) is 30.4 Å². The molecule has 0 unspecified atom stereocenters. The van der Waals surface area contributed by atoms with Crippen LogP contribution in [-0.2, 0) is 0 Å². The molecule has 1 aliphatic heterocycles. The van der Waals surface area contributed by atoms with Gasteiger partial charge in [0, 0.05) is 29.5 Å². The van der Waals surface area contributed by atoms with Crippen molar-refractivity contribution < 1.29 is 4.74 Å². The second kappa shape index (κ2) is 10.4. The van der Waals surface area contributed by atoms with Crippen LogP contribution in [0.25, 0.3) is 6.08 Å². The smallest absolute Gasteiger partial charge is 0.122 e. The predicted octanol–water partition coefficient (Wildman–Crippen LogP) is 6.84. The highest BCUT2D eigenvalue weighted by Gasteiger charge is 2.23. The van der Waals surface area contributed by atoms with Crippen molar-refractivity contribution in [1.82, 2.24) is 0 Å². The molecule has 0 saturated carbocycles. The maximum Gasteiger partial charge on any atom is 0.122 e. The van der Waals surface area contributed by atoms with Crippen LogP contribution in [0.4, 0.5) is 11.4 Å². The first-order valence-corrected chi connectivity index (χ1v) is 11.3. The molecular formula is C27H28ClN3O. The molecule has 0 radical (unpaired) electrons. The molecule has 1 saturated heterocycles. The topological polar surface area (TPSA) is 48.4 Å². The highest BCUT2D eigenvalue weighted by Crippen LogP contribution is 2.35. The number of hydrogen-bond donors (Lipinski definition) is 2. The summed E-state index contributed by atoms with van der Waals surface area (Å²) in [5.41, 5.74) is 4.48. The van der Waals surface area contributed by atoms with Gasteiger partial charge in [0.1, 0.15) is 11.6 Å². The Bertz CT molecular complexity index is 1070. The predicted molar refractivity (Wildman–Crippen MR) is 135 cm³/mol. The molecule has 0 amide bonds. The molecule has 0 bridgehead atoms. The van der Waals surface area contributed by atoms with Crippen LogP contribution in [0.3, 0.4) is 0 Å². The fourth-order valence-electron chi connectivity index (χ4n) is 4.16. The maximum atomic E-state index is 8.10. The van der Waals surface area contributed by atoms with Crippen LogP contribution in [0.5, 0.6) is 5.75 Å². The van der Waals surface area contributed by atoms with Crippen LogP contribution >= 0.6 is 11.6 Å². The number of ether oxygens (including phenoxy) is 1. The van der Waals surface area contributed by atoms with Gasteiger partial charge in [0.15, 0.2) is 0 Å². The van der Waals surface area contributed by atoms with Crippen molar-refractivity contribution in [3.05, 3.63) is 95.0 Å². The standard InChI is InChI=1S/C27H28ClN3O/c1-32-26-5-3-2-4-25(26)21-16-18-31(19-17-21)24-13-6-20(7-14-24)8-15-27(29)30-23-11-9-22(28)10-12-23/h2-15,21H,16-19H2,1H3,(H2,29,30)/b15-8+. The summed E-state index contributed by atoms with van der Waals surface area (Å²) in [7, 11) is 1.75. The molecule has 4 nitrogen and oxygen atoms in total. The van der Waals surface area contributed by atoms with Crippen LogP contribution < -0.4 is 15.0 Å². The van der Waals surface area contributed by atoms with Gasteiger partial charge in [-0.2, -0.15) is 0 Å². The zero-order chi connectivity index (χ0) is 22.3. The second-order valence-electron chi connectivity index (χ2n) is 7.97. The van der Waals surface area contributed by atoms with Crippen LogP contribution in [0.1, 0.15) is 29.9 Å². The first-order chi connectivity index (χ1) is 15.6. The van der Waals surface area contributed by atoms with E-state index in [1.807, 2.05) is 24.3 Å². The largest absolute Gasteiger partial charge is 0.496 e. The zero-order valence-corrected chi connectivity index (χ0v) is 19.0. The van der Waals surface area contributed by atoms with Crippen LogP contribution in [0.2, 0.25) is 5.02 Å². The molecular weight excluding hydrogens is 418 g/mol. The first kappa shape index (κ1) is 22.0. The number of benzene rings is 3. The van der Waals surface area contributed by atoms with Crippen molar-refractivity contribution in [1.29, 1.82) is 5.41 Å². The summed E-state index contributed by atoms with van der Waals surface area (Å²) in [6.07, 6.45) is 5.95. The average Bonchev–Trinajstić information content (AvgIpc) is 2.84. The number of halogens is 1. The number of nitrogens with one attached hydrogen (secondary N) is 2. The minimum absolute atomic E-state index is 0.329. The summed E-state index contributed by atoms with van der Waals surface area (Å²) in [6.45, 7) is 2.07. The van der Waals surface area contributed by atoms with Crippen LogP contribution in [0, 0.1) is 5.41 Å². The molecule has 2 N–H and O–H groups in total. The molecule has 164 valence electrons. The lowest BCUT2D eigenvalue weighted by atomic mass is 9.88. The van der Waals surface area contributed by atoms with E-state index in [0.29, 0.717) is 16.8 Å². The van der Waals surface area contributed by atoms with E-state index in [1.165, 1.54) is 11.3 Å². The molecule has 1 aliphatic rings. The molecule has 5 heteroatoms. The zero-order valence-electron chi connectivity index (χ0n) is 18.2. The number of piperidine rings is 1. The van der Waals surface area contributed by atoms with E-state index in [1.54, 1.807) is 25.3 Å². The van der Waals surface area contributed by atoms with Crippen molar-refractivity contribution in [2.24, 2.45) is 0 Å². The summed E-state index contributed by atoms with van der Waals surface area (Å²) in [6, 6.07) is 24.2. The van der Waals surface area contributed by atoms with Gasteiger partial charge >= 0.3 is 0 Å². The number of rotatable bonds is 6. The van der Waals surface area contributed by atoms with Crippen LogP contribution in [0.15, 0.2) is 78.9 Å². The van der Waals surface area contributed by atoms with Crippen LogP contribution in [-0.4, -0.2) is 26.0 Å². The van der Waals surface area contributed by atoms with Crippen molar-refractivity contribution in [2.45, 2.75) is 18.8 Å². The van der Waals surface area contributed by atoms with Gasteiger partial charge in [-0.25, -0.2) is 0 Å². The molecule has 3 aromatic rings. The third-order valence-electron chi connectivity index (χ3n) is 5.90. The Hall–Kier alpha value is -3.24. The molecule has 32 heavy (non-hydrogen) atoms. The monoisotopic (exact) mass is 445 g/mol. The van der Waals surface area contributed by atoms with Gasteiger partial charge in [0.2, 0.25) is 0 Å².